The minimum Gasteiger partial charge on any atom is -0.444 e. The molecule has 1 fully saturated rings. The van der Waals surface area contributed by atoms with Gasteiger partial charge >= 0.3 is 6.09 Å². The fourth-order valence-corrected chi connectivity index (χ4v) is 1.25. The predicted molar refractivity (Wildman–Crippen MR) is 59.1 cm³/mol. The Hall–Kier alpha value is -0.810. The molecule has 5 nitrogen and oxygen atoms in total. The third-order valence-electron chi connectivity index (χ3n) is 1.99. The number of carbonyl (C=O) groups is 1. The third kappa shape index (κ3) is 4.81. The Kier molecular flexibility index (Phi) is 3.80. The van der Waals surface area contributed by atoms with E-state index in [1.807, 2.05) is 34.6 Å². The summed E-state index contributed by atoms with van der Waals surface area (Å²) in [6.07, 6.45) is -0.440. The van der Waals surface area contributed by atoms with Crippen LogP contribution in [-0.4, -0.2) is 36.7 Å². The number of nitrogens with one attached hydrogen (secondary N) is 1. The molecule has 16 heavy (non-hydrogen) atoms. The summed E-state index contributed by atoms with van der Waals surface area (Å²) >= 11 is 0. The Morgan fingerprint density at radius 3 is 2.25 bits per heavy atom. The highest BCUT2D eigenvalue weighted by molar-refractivity contribution is 5.68. The molecular formula is C11H21NO4. The fourth-order valence-electron chi connectivity index (χ4n) is 1.25. The van der Waals surface area contributed by atoms with Gasteiger partial charge in [-0.2, -0.15) is 0 Å². The number of amides is 1. The van der Waals surface area contributed by atoms with Gasteiger partial charge in [0.1, 0.15) is 5.60 Å². The van der Waals surface area contributed by atoms with Crippen LogP contribution >= 0.6 is 0 Å². The Morgan fingerprint density at radius 1 is 1.31 bits per heavy atom. The number of hydrogen-bond acceptors (Lipinski definition) is 4. The quantitative estimate of drug-likeness (QED) is 0.745. The van der Waals surface area contributed by atoms with Crippen LogP contribution in [0, 0.1) is 0 Å². The monoisotopic (exact) mass is 231 g/mol. The Bertz CT molecular complexity index is 247. The van der Waals surface area contributed by atoms with E-state index in [2.05, 4.69) is 5.32 Å². The zero-order chi connectivity index (χ0) is 12.4. The molecule has 0 aromatic heterocycles. The highest BCUT2D eigenvalue weighted by atomic mass is 16.7. The van der Waals surface area contributed by atoms with E-state index in [1.54, 1.807) is 0 Å². The van der Waals surface area contributed by atoms with Gasteiger partial charge in [0.2, 0.25) is 0 Å². The maximum Gasteiger partial charge on any atom is 0.408 e. The van der Waals surface area contributed by atoms with Crippen molar-refractivity contribution < 1.29 is 19.0 Å². The third-order valence-corrected chi connectivity index (χ3v) is 1.99. The molecule has 0 bridgehead atoms. The molecule has 1 saturated heterocycles. The van der Waals surface area contributed by atoms with E-state index in [1.165, 1.54) is 0 Å². The van der Waals surface area contributed by atoms with E-state index in [0.717, 1.165) is 0 Å². The van der Waals surface area contributed by atoms with Crippen molar-refractivity contribution in [3.05, 3.63) is 0 Å². The average molecular weight is 231 g/mol. The smallest absolute Gasteiger partial charge is 0.408 e. The van der Waals surface area contributed by atoms with Crippen molar-refractivity contribution in [2.75, 3.05) is 13.2 Å². The van der Waals surface area contributed by atoms with Crippen molar-refractivity contribution in [2.24, 2.45) is 0 Å². The van der Waals surface area contributed by atoms with Gasteiger partial charge in [-0.25, -0.2) is 4.79 Å². The Morgan fingerprint density at radius 2 is 1.81 bits per heavy atom. The van der Waals surface area contributed by atoms with Gasteiger partial charge in [0, 0.05) is 0 Å². The molecule has 1 rings (SSSR count). The first-order valence-corrected chi connectivity index (χ1v) is 5.45. The average Bonchev–Trinajstić information content (AvgIpc) is 2.05. The van der Waals surface area contributed by atoms with Crippen molar-refractivity contribution in [1.29, 1.82) is 0 Å². The Balaban J connectivity index is 2.32. The Labute approximate surface area is 96.4 Å². The van der Waals surface area contributed by atoms with Crippen LogP contribution in [0.3, 0.4) is 0 Å². The fraction of sp³-hybridized carbons (Fsp3) is 0.909. The molecule has 1 amide bonds. The number of alkyl carbamates (subject to hydrolysis) is 1. The lowest BCUT2D eigenvalue weighted by molar-refractivity contribution is -0.252. The second kappa shape index (κ2) is 4.59. The van der Waals surface area contributed by atoms with Gasteiger partial charge in [0.25, 0.3) is 0 Å². The van der Waals surface area contributed by atoms with Crippen molar-refractivity contribution in [2.45, 2.75) is 52.0 Å². The van der Waals surface area contributed by atoms with Crippen LogP contribution in [0.2, 0.25) is 0 Å². The second-order valence-corrected chi connectivity index (χ2v) is 5.36. The SMILES string of the molecule is CC(C)(C)OC(=O)NC1COC(C)(C)OC1. The van der Waals surface area contributed by atoms with Crippen LogP contribution in [-0.2, 0) is 14.2 Å². The van der Waals surface area contributed by atoms with Crippen molar-refractivity contribution in [1.82, 2.24) is 5.32 Å². The largest absolute Gasteiger partial charge is 0.444 e. The van der Waals surface area contributed by atoms with Crippen LogP contribution in [0.25, 0.3) is 0 Å². The van der Waals surface area contributed by atoms with Crippen molar-refractivity contribution in [3.8, 4) is 0 Å². The van der Waals surface area contributed by atoms with Crippen LogP contribution in [0.1, 0.15) is 34.6 Å². The van der Waals surface area contributed by atoms with Gasteiger partial charge in [-0.05, 0) is 34.6 Å². The summed E-state index contributed by atoms with van der Waals surface area (Å²) in [5.74, 6) is -0.563. The van der Waals surface area contributed by atoms with Crippen LogP contribution in [0.5, 0.6) is 0 Å². The lowest BCUT2D eigenvalue weighted by Gasteiger charge is -2.35. The molecule has 1 aliphatic rings. The van der Waals surface area contributed by atoms with E-state index in [4.69, 9.17) is 14.2 Å². The minimum atomic E-state index is -0.563. The highest BCUT2D eigenvalue weighted by Crippen LogP contribution is 2.17. The van der Waals surface area contributed by atoms with Crippen LogP contribution in [0.15, 0.2) is 0 Å². The molecule has 1 heterocycles. The molecule has 0 atom stereocenters. The first kappa shape index (κ1) is 13.3. The zero-order valence-electron chi connectivity index (χ0n) is 10.6. The van der Waals surface area contributed by atoms with E-state index >= 15 is 0 Å². The summed E-state index contributed by atoms with van der Waals surface area (Å²) in [7, 11) is 0. The highest BCUT2D eigenvalue weighted by Gasteiger charge is 2.30. The van der Waals surface area contributed by atoms with Crippen LogP contribution < -0.4 is 5.32 Å². The first-order valence-electron chi connectivity index (χ1n) is 5.45. The number of rotatable bonds is 1. The summed E-state index contributed by atoms with van der Waals surface area (Å²) in [5.41, 5.74) is -0.486. The van der Waals surface area contributed by atoms with Gasteiger partial charge < -0.3 is 19.5 Å². The molecule has 0 saturated carbocycles. The van der Waals surface area contributed by atoms with E-state index in [9.17, 15) is 4.79 Å². The molecule has 1 aliphatic heterocycles. The summed E-state index contributed by atoms with van der Waals surface area (Å²) in [4.78, 5) is 11.4. The molecule has 1 N–H and O–H groups in total. The summed E-state index contributed by atoms with van der Waals surface area (Å²) < 4.78 is 16.0. The molecule has 0 spiro atoms. The summed E-state index contributed by atoms with van der Waals surface area (Å²) in [6.45, 7) is 10.0. The van der Waals surface area contributed by atoms with Gasteiger partial charge in [0.05, 0.1) is 19.3 Å². The lowest BCUT2D eigenvalue weighted by Crippen LogP contribution is -2.51. The standard InChI is InChI=1S/C11H21NO4/c1-10(2,3)16-9(13)12-8-6-14-11(4,5)15-7-8/h8H,6-7H2,1-5H3,(H,12,13). The number of ether oxygens (including phenoxy) is 3. The lowest BCUT2D eigenvalue weighted by atomic mass is 10.2. The predicted octanol–water partition coefficient (Wildman–Crippen LogP) is 1.66. The van der Waals surface area contributed by atoms with Gasteiger partial charge in [-0.1, -0.05) is 0 Å². The molecule has 0 radical (unpaired) electrons. The van der Waals surface area contributed by atoms with Crippen molar-refractivity contribution >= 4 is 6.09 Å². The number of carbonyl (C=O) groups excluding carboxylic acids is 1. The van der Waals surface area contributed by atoms with Gasteiger partial charge in [-0.3, -0.25) is 0 Å². The van der Waals surface area contributed by atoms with Crippen molar-refractivity contribution in [3.63, 3.8) is 0 Å². The van der Waals surface area contributed by atoms with Gasteiger partial charge in [-0.15, -0.1) is 0 Å². The summed E-state index contributed by atoms with van der Waals surface area (Å²) in [5, 5.41) is 2.70. The molecule has 0 aromatic rings. The van der Waals surface area contributed by atoms with Gasteiger partial charge in [0.15, 0.2) is 5.79 Å². The van der Waals surface area contributed by atoms with E-state index < -0.39 is 17.5 Å². The van der Waals surface area contributed by atoms with E-state index in [-0.39, 0.29) is 6.04 Å². The zero-order valence-corrected chi connectivity index (χ0v) is 10.6. The van der Waals surface area contributed by atoms with Crippen LogP contribution in [0.4, 0.5) is 4.79 Å². The molecule has 0 aliphatic carbocycles. The number of hydrogen-bond donors (Lipinski definition) is 1. The molecule has 94 valence electrons. The maximum absolute atomic E-state index is 11.4. The second-order valence-electron chi connectivity index (χ2n) is 5.36. The molecule has 0 aromatic carbocycles. The topological polar surface area (TPSA) is 56.8 Å². The van der Waals surface area contributed by atoms with E-state index in [0.29, 0.717) is 13.2 Å². The first-order chi connectivity index (χ1) is 7.18. The molecule has 5 heteroatoms. The normalized spacial score (nSPS) is 21.6. The summed E-state index contributed by atoms with van der Waals surface area (Å²) in [6, 6.07) is -0.150. The minimum absolute atomic E-state index is 0.150. The maximum atomic E-state index is 11.4. The molecule has 0 unspecified atom stereocenters. The molecular weight excluding hydrogens is 210 g/mol.